The van der Waals surface area contributed by atoms with Gasteiger partial charge in [-0.15, -0.1) is 0 Å². The van der Waals surface area contributed by atoms with Gasteiger partial charge in [-0.25, -0.2) is 8.42 Å². The SMILES string of the molecule is CCC(C)N(CC(=O)N(Cc1cccn1C)C1CC1)S(=O)(=O)c1c(C)cc(C)cc1C. The Morgan fingerprint density at radius 1 is 1.19 bits per heavy atom. The van der Waals surface area contributed by atoms with Crippen LogP contribution in [0.4, 0.5) is 0 Å². The fraction of sp³-hybridized carbons (Fsp3) is 0.542. The summed E-state index contributed by atoms with van der Waals surface area (Å²) in [6.45, 7) is 9.82. The van der Waals surface area contributed by atoms with Crippen LogP contribution in [0.3, 0.4) is 0 Å². The van der Waals surface area contributed by atoms with Crippen molar-refractivity contribution in [3.8, 4) is 0 Å². The van der Waals surface area contributed by atoms with Gasteiger partial charge in [-0.3, -0.25) is 4.79 Å². The molecule has 0 bridgehead atoms. The van der Waals surface area contributed by atoms with Crippen LogP contribution in [0, 0.1) is 20.8 Å². The van der Waals surface area contributed by atoms with E-state index in [4.69, 9.17) is 0 Å². The van der Waals surface area contributed by atoms with E-state index in [2.05, 4.69) is 0 Å². The summed E-state index contributed by atoms with van der Waals surface area (Å²) in [5.74, 6) is -0.130. The number of hydrogen-bond acceptors (Lipinski definition) is 3. The number of sulfonamides is 1. The summed E-state index contributed by atoms with van der Waals surface area (Å²) in [6.07, 6.45) is 4.55. The maximum Gasteiger partial charge on any atom is 0.244 e. The van der Waals surface area contributed by atoms with Gasteiger partial charge in [-0.05, 0) is 70.2 Å². The van der Waals surface area contributed by atoms with Crippen molar-refractivity contribution >= 4 is 15.9 Å². The Labute approximate surface area is 186 Å². The lowest BCUT2D eigenvalue weighted by Gasteiger charge is -2.31. The third-order valence-corrected chi connectivity index (χ3v) is 8.50. The summed E-state index contributed by atoms with van der Waals surface area (Å²) >= 11 is 0. The summed E-state index contributed by atoms with van der Waals surface area (Å²) in [6, 6.07) is 7.68. The van der Waals surface area contributed by atoms with E-state index in [0.717, 1.165) is 35.2 Å². The molecule has 1 aromatic carbocycles. The lowest BCUT2D eigenvalue weighted by Crippen LogP contribution is -2.47. The van der Waals surface area contributed by atoms with Crippen LogP contribution < -0.4 is 0 Å². The second-order valence-corrected chi connectivity index (χ2v) is 10.7. The van der Waals surface area contributed by atoms with Crippen LogP contribution in [-0.4, -0.2) is 46.7 Å². The molecule has 1 aromatic heterocycles. The lowest BCUT2D eigenvalue weighted by molar-refractivity contribution is -0.133. The van der Waals surface area contributed by atoms with Crippen molar-refractivity contribution in [1.29, 1.82) is 0 Å². The Kier molecular flexibility index (Phi) is 6.96. The molecule has 6 nitrogen and oxygen atoms in total. The van der Waals surface area contributed by atoms with Crippen molar-refractivity contribution in [2.75, 3.05) is 6.54 Å². The quantitative estimate of drug-likeness (QED) is 0.587. The molecule has 170 valence electrons. The minimum absolute atomic E-state index is 0.130. The Balaban J connectivity index is 1.92. The Morgan fingerprint density at radius 3 is 2.29 bits per heavy atom. The number of carbonyl (C=O) groups excluding carboxylic acids is 1. The van der Waals surface area contributed by atoms with Gasteiger partial charge in [0, 0.05) is 31.0 Å². The van der Waals surface area contributed by atoms with Crippen LogP contribution in [-0.2, 0) is 28.4 Å². The van der Waals surface area contributed by atoms with Crippen LogP contribution in [0.25, 0.3) is 0 Å². The minimum atomic E-state index is -3.81. The van der Waals surface area contributed by atoms with Crippen molar-refractivity contribution in [2.45, 2.75) is 77.4 Å². The number of hydrogen-bond donors (Lipinski definition) is 0. The first-order chi connectivity index (χ1) is 14.6. The monoisotopic (exact) mass is 445 g/mol. The van der Waals surface area contributed by atoms with Crippen molar-refractivity contribution < 1.29 is 13.2 Å². The Bertz CT molecular complexity index is 1030. The van der Waals surface area contributed by atoms with Gasteiger partial charge in [0.25, 0.3) is 0 Å². The number of amides is 1. The average Bonchev–Trinajstić information content (AvgIpc) is 3.44. The fourth-order valence-electron chi connectivity index (χ4n) is 4.24. The van der Waals surface area contributed by atoms with Gasteiger partial charge in [0.1, 0.15) is 0 Å². The molecule has 0 saturated heterocycles. The number of aromatic nitrogens is 1. The first-order valence-corrected chi connectivity index (χ1v) is 12.5. The molecule has 0 N–H and O–H groups in total. The second-order valence-electron chi connectivity index (χ2n) is 8.90. The molecule has 1 aliphatic carbocycles. The molecule has 1 unspecified atom stereocenters. The molecular formula is C24H35N3O3S. The highest BCUT2D eigenvalue weighted by molar-refractivity contribution is 7.89. The van der Waals surface area contributed by atoms with E-state index in [1.807, 2.05) is 81.6 Å². The third kappa shape index (κ3) is 5.04. The van der Waals surface area contributed by atoms with E-state index in [1.165, 1.54) is 4.31 Å². The third-order valence-electron chi connectivity index (χ3n) is 6.24. The van der Waals surface area contributed by atoms with Crippen LogP contribution in [0.1, 0.15) is 55.5 Å². The first kappa shape index (κ1) is 23.5. The van der Waals surface area contributed by atoms with Crippen LogP contribution >= 0.6 is 0 Å². The second kappa shape index (κ2) is 9.17. The molecule has 1 atom stereocenters. The van der Waals surface area contributed by atoms with Crippen LogP contribution in [0.15, 0.2) is 35.4 Å². The standard InChI is InChI=1S/C24H35N3O3S/c1-7-20(5)27(31(29,30)24-18(3)13-17(2)14-19(24)4)16-23(28)26(21-10-11-21)15-22-9-8-12-25(22)6/h8-9,12-14,20-21H,7,10-11,15-16H2,1-6H3. The van der Waals surface area contributed by atoms with Gasteiger partial charge in [0.2, 0.25) is 15.9 Å². The number of rotatable bonds is 9. The summed E-state index contributed by atoms with van der Waals surface area (Å²) in [7, 11) is -1.85. The zero-order chi connectivity index (χ0) is 22.9. The highest BCUT2D eigenvalue weighted by Crippen LogP contribution is 2.31. The summed E-state index contributed by atoms with van der Waals surface area (Å²) in [5.41, 5.74) is 3.52. The van der Waals surface area contributed by atoms with Gasteiger partial charge in [0.05, 0.1) is 18.0 Å². The molecule has 1 aliphatic rings. The number of nitrogens with zero attached hydrogens (tertiary/aromatic N) is 3. The van der Waals surface area contributed by atoms with E-state index >= 15 is 0 Å². The average molecular weight is 446 g/mol. The van der Waals surface area contributed by atoms with E-state index in [-0.39, 0.29) is 24.5 Å². The van der Waals surface area contributed by atoms with Crippen molar-refractivity contribution in [3.63, 3.8) is 0 Å². The molecule has 0 spiro atoms. The van der Waals surface area contributed by atoms with E-state index in [9.17, 15) is 13.2 Å². The largest absolute Gasteiger partial charge is 0.353 e. The van der Waals surface area contributed by atoms with E-state index < -0.39 is 10.0 Å². The topological polar surface area (TPSA) is 62.6 Å². The molecular weight excluding hydrogens is 410 g/mol. The van der Waals surface area contributed by atoms with Gasteiger partial charge < -0.3 is 9.47 Å². The molecule has 0 radical (unpaired) electrons. The Hall–Kier alpha value is -2.12. The maximum atomic E-state index is 13.8. The minimum Gasteiger partial charge on any atom is -0.353 e. The zero-order valence-electron chi connectivity index (χ0n) is 19.6. The summed E-state index contributed by atoms with van der Waals surface area (Å²) in [5, 5.41) is 0. The molecule has 1 heterocycles. The van der Waals surface area contributed by atoms with Gasteiger partial charge in [0.15, 0.2) is 0 Å². The summed E-state index contributed by atoms with van der Waals surface area (Å²) < 4.78 is 30.9. The van der Waals surface area contributed by atoms with Crippen LogP contribution in [0.2, 0.25) is 0 Å². The lowest BCUT2D eigenvalue weighted by atomic mass is 10.1. The number of aryl methyl sites for hydroxylation is 4. The van der Waals surface area contributed by atoms with Gasteiger partial charge in [-0.2, -0.15) is 4.31 Å². The highest BCUT2D eigenvalue weighted by atomic mass is 32.2. The molecule has 3 rings (SSSR count). The van der Waals surface area contributed by atoms with Crippen molar-refractivity contribution in [3.05, 3.63) is 52.8 Å². The first-order valence-electron chi connectivity index (χ1n) is 11.1. The van der Waals surface area contributed by atoms with Crippen molar-refractivity contribution in [2.24, 2.45) is 7.05 Å². The molecule has 1 saturated carbocycles. The molecule has 0 aliphatic heterocycles. The number of carbonyl (C=O) groups is 1. The normalized spacial score (nSPS) is 15.3. The van der Waals surface area contributed by atoms with Gasteiger partial charge >= 0.3 is 0 Å². The molecule has 1 fully saturated rings. The van der Waals surface area contributed by atoms with Crippen molar-refractivity contribution in [1.82, 2.24) is 13.8 Å². The molecule has 7 heteroatoms. The predicted molar refractivity (Wildman–Crippen MR) is 123 cm³/mol. The fourth-order valence-corrected chi connectivity index (χ4v) is 6.31. The number of benzene rings is 1. The highest BCUT2D eigenvalue weighted by Gasteiger charge is 2.38. The molecule has 1 amide bonds. The van der Waals surface area contributed by atoms with Gasteiger partial charge in [-0.1, -0.05) is 24.6 Å². The summed E-state index contributed by atoms with van der Waals surface area (Å²) in [4.78, 5) is 15.6. The predicted octanol–water partition coefficient (Wildman–Crippen LogP) is 3.93. The maximum absolute atomic E-state index is 13.8. The van der Waals surface area contributed by atoms with E-state index in [0.29, 0.717) is 17.9 Å². The molecule has 2 aromatic rings. The zero-order valence-corrected chi connectivity index (χ0v) is 20.4. The van der Waals surface area contributed by atoms with E-state index in [1.54, 1.807) is 0 Å². The molecule has 31 heavy (non-hydrogen) atoms. The van der Waals surface area contributed by atoms with Crippen LogP contribution in [0.5, 0.6) is 0 Å². The smallest absolute Gasteiger partial charge is 0.244 e. The Morgan fingerprint density at radius 2 is 1.81 bits per heavy atom.